The zero-order valence-corrected chi connectivity index (χ0v) is 27.1. The Hall–Kier alpha value is -7.64. The van der Waals surface area contributed by atoms with E-state index in [-0.39, 0.29) is 77.6 Å². The first kappa shape index (κ1) is 42.4. The Morgan fingerprint density at radius 3 is 1.31 bits per heavy atom. The molecule has 0 atom stereocenters. The van der Waals surface area contributed by atoms with Crippen molar-refractivity contribution in [2.75, 3.05) is 0 Å². The molecule has 4 aromatic rings. The van der Waals surface area contributed by atoms with Gasteiger partial charge in [0, 0.05) is 54.5 Å². The lowest BCUT2D eigenvalue weighted by molar-refractivity contribution is 0.365. The van der Waals surface area contributed by atoms with Crippen LogP contribution < -0.4 is 22.9 Å². The maximum absolute atomic E-state index is 9.27. The molecule has 0 radical (unpaired) electrons. The van der Waals surface area contributed by atoms with Gasteiger partial charge in [-0.05, 0) is 35.9 Å². The van der Waals surface area contributed by atoms with Crippen LogP contribution in [0.25, 0.3) is 0 Å². The Kier molecular flexibility index (Phi) is 15.3. The SMILES string of the molecule is N=C(N)Cc1cc(O)c(O)c(O)c1.N=C(N)Cc1cc(O)c(O)cc1O.N=C(N)Cc1cc(O)cc(O)c1O.N=C(N)Cc1ccc(O)c(O)c1O. The summed E-state index contributed by atoms with van der Waals surface area (Å²) in [5.74, 6) is -5.18. The molecule has 0 aliphatic rings. The fourth-order valence-corrected chi connectivity index (χ4v) is 3.90. The number of amidine groups is 4. The van der Waals surface area contributed by atoms with E-state index in [0.717, 1.165) is 12.1 Å². The summed E-state index contributed by atoms with van der Waals surface area (Å²) in [6.45, 7) is 0. The van der Waals surface area contributed by atoms with Crippen molar-refractivity contribution >= 4 is 23.3 Å². The van der Waals surface area contributed by atoms with Crippen LogP contribution in [0, 0.1) is 21.6 Å². The van der Waals surface area contributed by atoms with Gasteiger partial charge in [0.2, 0.25) is 5.75 Å². The van der Waals surface area contributed by atoms with E-state index in [1.165, 1.54) is 36.4 Å². The van der Waals surface area contributed by atoms with Gasteiger partial charge in [0.1, 0.15) is 11.5 Å². The summed E-state index contributed by atoms with van der Waals surface area (Å²) in [4.78, 5) is 0. The molecule has 0 spiro atoms. The zero-order valence-electron chi connectivity index (χ0n) is 27.1. The van der Waals surface area contributed by atoms with E-state index in [9.17, 15) is 15.3 Å². The molecule has 0 heterocycles. The Bertz CT molecular complexity index is 1920. The van der Waals surface area contributed by atoms with Crippen LogP contribution in [0.2, 0.25) is 0 Å². The van der Waals surface area contributed by atoms with Gasteiger partial charge >= 0.3 is 0 Å². The van der Waals surface area contributed by atoms with Gasteiger partial charge in [-0.15, -0.1) is 0 Å². The molecule has 24 N–H and O–H groups in total. The van der Waals surface area contributed by atoms with E-state index in [1.807, 2.05) is 0 Å². The highest BCUT2D eigenvalue weighted by atomic mass is 16.3. The van der Waals surface area contributed by atoms with Gasteiger partial charge in [0.15, 0.2) is 51.7 Å². The van der Waals surface area contributed by atoms with Crippen LogP contribution in [-0.2, 0) is 25.7 Å². The van der Waals surface area contributed by atoms with Crippen molar-refractivity contribution in [2.24, 2.45) is 22.9 Å². The van der Waals surface area contributed by atoms with E-state index in [1.54, 1.807) is 0 Å². The van der Waals surface area contributed by atoms with Gasteiger partial charge in [0.05, 0.1) is 23.3 Å². The van der Waals surface area contributed by atoms with E-state index in [2.05, 4.69) is 0 Å². The molecule has 0 aliphatic heterocycles. The molecular formula is C32H40N8O12. The summed E-state index contributed by atoms with van der Waals surface area (Å²) in [7, 11) is 0. The van der Waals surface area contributed by atoms with Crippen molar-refractivity contribution < 1.29 is 61.3 Å². The molecule has 52 heavy (non-hydrogen) atoms. The van der Waals surface area contributed by atoms with Crippen LogP contribution in [0.5, 0.6) is 69.0 Å². The first-order valence-electron chi connectivity index (χ1n) is 14.3. The fraction of sp³-hybridized carbons (Fsp3) is 0.125. The van der Waals surface area contributed by atoms with Crippen molar-refractivity contribution in [1.29, 1.82) is 21.6 Å². The van der Waals surface area contributed by atoms with Crippen molar-refractivity contribution in [3.05, 3.63) is 70.8 Å². The van der Waals surface area contributed by atoms with Crippen LogP contribution in [-0.4, -0.2) is 84.6 Å². The van der Waals surface area contributed by atoms with Gasteiger partial charge in [-0.1, -0.05) is 6.07 Å². The third kappa shape index (κ3) is 13.5. The number of phenols is 12. The van der Waals surface area contributed by atoms with E-state index < -0.39 is 46.0 Å². The van der Waals surface area contributed by atoms with Gasteiger partial charge in [0.25, 0.3) is 0 Å². The zero-order chi connectivity index (χ0) is 40.0. The maximum Gasteiger partial charge on any atom is 0.200 e. The van der Waals surface area contributed by atoms with Crippen molar-refractivity contribution in [3.8, 4) is 69.0 Å². The van der Waals surface area contributed by atoms with Crippen LogP contribution in [0.4, 0.5) is 0 Å². The Labute approximate surface area is 294 Å². The lowest BCUT2D eigenvalue weighted by Gasteiger charge is -2.06. The highest BCUT2D eigenvalue weighted by Crippen LogP contribution is 2.38. The van der Waals surface area contributed by atoms with Crippen LogP contribution in [0.3, 0.4) is 0 Å². The van der Waals surface area contributed by atoms with Gasteiger partial charge in [-0.25, -0.2) is 0 Å². The number of aromatic hydroxyl groups is 12. The number of nitrogens with two attached hydrogens (primary N) is 4. The summed E-state index contributed by atoms with van der Waals surface area (Å²) >= 11 is 0. The molecule has 280 valence electrons. The highest BCUT2D eigenvalue weighted by molar-refractivity contribution is 5.82. The maximum atomic E-state index is 9.27. The normalized spacial score (nSPS) is 9.85. The molecule has 4 aromatic carbocycles. The third-order valence-corrected chi connectivity index (χ3v) is 6.21. The lowest BCUT2D eigenvalue weighted by Crippen LogP contribution is -2.12. The lowest BCUT2D eigenvalue weighted by atomic mass is 10.1. The average molecular weight is 729 g/mol. The highest BCUT2D eigenvalue weighted by Gasteiger charge is 2.12. The summed E-state index contributed by atoms with van der Waals surface area (Å²) in [5.41, 5.74) is 21.8. The van der Waals surface area contributed by atoms with Crippen molar-refractivity contribution in [1.82, 2.24) is 0 Å². The minimum absolute atomic E-state index is 0.00616. The predicted octanol–water partition coefficient (Wildman–Crippen LogP) is 1.13. The number of rotatable bonds is 8. The fourth-order valence-electron chi connectivity index (χ4n) is 3.90. The minimum atomic E-state index is -0.584. The largest absolute Gasteiger partial charge is 0.508 e. The molecule has 0 unspecified atom stereocenters. The third-order valence-electron chi connectivity index (χ3n) is 6.21. The van der Waals surface area contributed by atoms with Gasteiger partial charge in [-0.2, -0.15) is 0 Å². The molecule has 0 saturated carbocycles. The standard InChI is InChI=1S/4C8H10N2O3/c9-8(10)2-4-1-6(12)7(13)3-5(4)11;9-7(10)2-4-1-5(11)3-6(12)8(4)13;9-7(10)3-4-1-5(11)8(13)6(12)2-4;9-6(10)3-4-1-2-5(11)8(13)7(4)12/h2*1,3,11-13H,2H2,(H3,9,10);2*1-2,11-13H,3H2,(H3,9,10). The summed E-state index contributed by atoms with van der Waals surface area (Å²) in [5, 5.41) is 137. The Morgan fingerprint density at radius 2 is 0.808 bits per heavy atom. The van der Waals surface area contributed by atoms with Crippen LogP contribution in [0.15, 0.2) is 48.5 Å². The van der Waals surface area contributed by atoms with Gasteiger partial charge < -0.3 is 84.2 Å². The second kappa shape index (κ2) is 18.8. The molecular weight excluding hydrogens is 688 g/mol. The second-order valence-corrected chi connectivity index (χ2v) is 10.7. The molecule has 0 amide bonds. The predicted molar refractivity (Wildman–Crippen MR) is 188 cm³/mol. The molecule has 0 aliphatic carbocycles. The number of hydrogen-bond donors (Lipinski definition) is 20. The minimum Gasteiger partial charge on any atom is -0.508 e. The molecule has 20 nitrogen and oxygen atoms in total. The topological polar surface area (TPSA) is 442 Å². The Morgan fingerprint density at radius 1 is 0.365 bits per heavy atom. The number of hydrogen-bond acceptors (Lipinski definition) is 16. The summed E-state index contributed by atoms with van der Waals surface area (Å²) < 4.78 is 0. The van der Waals surface area contributed by atoms with Crippen molar-refractivity contribution in [3.63, 3.8) is 0 Å². The molecule has 0 fully saturated rings. The van der Waals surface area contributed by atoms with Crippen LogP contribution >= 0.6 is 0 Å². The molecule has 0 bridgehead atoms. The van der Waals surface area contributed by atoms with E-state index >= 15 is 0 Å². The molecule has 20 heteroatoms. The molecule has 4 rings (SSSR count). The van der Waals surface area contributed by atoms with Crippen molar-refractivity contribution in [2.45, 2.75) is 25.7 Å². The quantitative estimate of drug-likeness (QED) is 0.0523. The summed E-state index contributed by atoms with van der Waals surface area (Å²) in [6, 6.07) is 9.56. The van der Waals surface area contributed by atoms with E-state index in [4.69, 9.17) is 90.5 Å². The monoisotopic (exact) mass is 728 g/mol. The Balaban J connectivity index is 0.000000347. The molecule has 0 aromatic heterocycles. The number of nitrogens with one attached hydrogen (secondary N) is 4. The summed E-state index contributed by atoms with van der Waals surface area (Å²) in [6.07, 6.45) is 0.203. The second-order valence-electron chi connectivity index (χ2n) is 10.7. The average Bonchev–Trinajstić information content (AvgIpc) is 3.01. The first-order chi connectivity index (χ1) is 24.0. The van der Waals surface area contributed by atoms with Crippen LogP contribution in [0.1, 0.15) is 22.3 Å². The number of phenolic OH excluding ortho intramolecular Hbond substituents is 12. The van der Waals surface area contributed by atoms with E-state index in [0.29, 0.717) is 16.7 Å². The first-order valence-corrected chi connectivity index (χ1v) is 14.3. The van der Waals surface area contributed by atoms with Gasteiger partial charge in [-0.3, -0.25) is 21.6 Å². The molecule has 0 saturated heterocycles. The number of benzene rings is 4. The smallest absolute Gasteiger partial charge is 0.200 e.